The molecule has 1 unspecified atom stereocenters. The number of carbonyl (C=O) groups is 2. The van der Waals surface area contributed by atoms with Gasteiger partial charge in [-0.05, 0) is 46.7 Å². The highest BCUT2D eigenvalue weighted by molar-refractivity contribution is 6.31. The number of rotatable bonds is 10. The minimum atomic E-state index is -0.542. The summed E-state index contributed by atoms with van der Waals surface area (Å²) in [5.74, 6) is 0.178. The molecule has 0 saturated heterocycles. The molecule has 0 aliphatic rings. The van der Waals surface area contributed by atoms with E-state index in [0.29, 0.717) is 43.3 Å². The van der Waals surface area contributed by atoms with Crippen molar-refractivity contribution in [2.45, 2.75) is 52.6 Å². The van der Waals surface area contributed by atoms with Crippen LogP contribution in [0.2, 0.25) is 5.02 Å². The van der Waals surface area contributed by atoms with Crippen LogP contribution in [0.5, 0.6) is 0 Å². The first kappa shape index (κ1) is 24.8. The summed E-state index contributed by atoms with van der Waals surface area (Å²) in [6.07, 6.45) is 1.48. The van der Waals surface area contributed by atoms with Crippen LogP contribution in [0, 0.1) is 5.92 Å². The van der Waals surface area contributed by atoms with Crippen molar-refractivity contribution in [2.75, 3.05) is 6.54 Å². The Bertz CT molecular complexity index is 1090. The Labute approximate surface area is 201 Å². The zero-order valence-electron chi connectivity index (χ0n) is 19.7. The summed E-state index contributed by atoms with van der Waals surface area (Å²) in [6, 6.07) is 21.3. The van der Waals surface area contributed by atoms with E-state index in [9.17, 15) is 9.59 Å². The van der Waals surface area contributed by atoms with Gasteiger partial charge >= 0.3 is 0 Å². The number of aryl methyl sites for hydroxylation is 1. The molecule has 4 nitrogen and oxygen atoms in total. The molecule has 0 aromatic heterocycles. The lowest BCUT2D eigenvalue weighted by Gasteiger charge is -2.31. The van der Waals surface area contributed by atoms with Crippen molar-refractivity contribution in [1.29, 1.82) is 0 Å². The first-order chi connectivity index (χ1) is 15.9. The van der Waals surface area contributed by atoms with Crippen molar-refractivity contribution in [3.8, 4) is 0 Å². The number of fused-ring (bicyclic) bond motifs is 1. The van der Waals surface area contributed by atoms with Gasteiger partial charge in [-0.2, -0.15) is 0 Å². The third kappa shape index (κ3) is 6.58. The molecule has 174 valence electrons. The van der Waals surface area contributed by atoms with Gasteiger partial charge in [0.1, 0.15) is 6.04 Å². The van der Waals surface area contributed by atoms with Gasteiger partial charge in [0.2, 0.25) is 11.8 Å². The van der Waals surface area contributed by atoms with Gasteiger partial charge in [0.05, 0.1) is 0 Å². The van der Waals surface area contributed by atoms with E-state index in [0.717, 1.165) is 21.9 Å². The fourth-order valence-corrected chi connectivity index (χ4v) is 4.24. The van der Waals surface area contributed by atoms with Crippen LogP contribution < -0.4 is 5.32 Å². The summed E-state index contributed by atoms with van der Waals surface area (Å²) in [5.41, 5.74) is 1.98. The summed E-state index contributed by atoms with van der Waals surface area (Å²) in [4.78, 5) is 28.2. The third-order valence-corrected chi connectivity index (χ3v) is 6.23. The highest BCUT2D eigenvalue weighted by Crippen LogP contribution is 2.23. The molecule has 33 heavy (non-hydrogen) atoms. The molecule has 1 atom stereocenters. The molecule has 3 aromatic carbocycles. The van der Waals surface area contributed by atoms with Gasteiger partial charge in [0.15, 0.2) is 0 Å². The van der Waals surface area contributed by atoms with E-state index in [-0.39, 0.29) is 11.8 Å². The predicted octanol–water partition coefficient (Wildman–Crippen LogP) is 6.01. The maximum atomic E-state index is 13.5. The fraction of sp³-hybridized carbons (Fsp3) is 0.357. The smallest absolute Gasteiger partial charge is 0.242 e. The van der Waals surface area contributed by atoms with E-state index >= 15 is 0 Å². The number of hydrogen-bond acceptors (Lipinski definition) is 2. The molecular formula is C28H33ClN2O2. The number of nitrogens with zero attached hydrogens (tertiary/aromatic N) is 1. The van der Waals surface area contributed by atoms with Gasteiger partial charge < -0.3 is 10.2 Å². The largest absolute Gasteiger partial charge is 0.354 e. The molecule has 2 amide bonds. The SMILES string of the molecule is CCC(C(=O)NCC(C)C)N(Cc1ccccc1Cl)C(=O)CCc1cccc2ccccc12. The van der Waals surface area contributed by atoms with E-state index in [2.05, 4.69) is 43.4 Å². The van der Waals surface area contributed by atoms with Crippen molar-refractivity contribution in [1.82, 2.24) is 10.2 Å². The Morgan fingerprint density at radius 1 is 0.939 bits per heavy atom. The molecule has 0 saturated carbocycles. The lowest BCUT2D eigenvalue weighted by molar-refractivity contribution is -0.141. The molecule has 3 rings (SSSR count). The second kappa shape index (κ2) is 11.9. The third-order valence-electron chi connectivity index (χ3n) is 5.86. The normalized spacial score (nSPS) is 12.0. The molecule has 0 bridgehead atoms. The van der Waals surface area contributed by atoms with E-state index in [1.165, 1.54) is 0 Å². The van der Waals surface area contributed by atoms with E-state index < -0.39 is 6.04 Å². The Kier molecular flexibility index (Phi) is 8.90. The van der Waals surface area contributed by atoms with Crippen molar-refractivity contribution in [3.63, 3.8) is 0 Å². The van der Waals surface area contributed by atoms with Gasteiger partial charge in [0.25, 0.3) is 0 Å². The molecule has 3 aromatic rings. The summed E-state index contributed by atoms with van der Waals surface area (Å²) in [5, 5.41) is 5.92. The number of halogens is 1. The Hall–Kier alpha value is -2.85. The lowest BCUT2D eigenvalue weighted by Crippen LogP contribution is -2.49. The lowest BCUT2D eigenvalue weighted by atomic mass is 10.00. The molecule has 1 N–H and O–H groups in total. The number of hydrogen-bond donors (Lipinski definition) is 1. The molecule has 0 fully saturated rings. The van der Waals surface area contributed by atoms with Crippen molar-refractivity contribution in [2.24, 2.45) is 5.92 Å². The zero-order valence-corrected chi connectivity index (χ0v) is 20.4. The summed E-state index contributed by atoms with van der Waals surface area (Å²) in [6.45, 7) is 6.94. The van der Waals surface area contributed by atoms with Gasteiger partial charge in [-0.1, -0.05) is 93.0 Å². The number of benzene rings is 3. The molecule has 0 aliphatic heterocycles. The maximum Gasteiger partial charge on any atom is 0.242 e. The number of nitrogens with one attached hydrogen (secondary N) is 1. The number of carbonyl (C=O) groups excluding carboxylic acids is 2. The van der Waals surface area contributed by atoms with E-state index in [1.807, 2.05) is 49.4 Å². The van der Waals surface area contributed by atoms with Crippen molar-refractivity contribution >= 4 is 34.2 Å². The van der Waals surface area contributed by atoms with E-state index in [4.69, 9.17) is 11.6 Å². The predicted molar refractivity (Wildman–Crippen MR) is 136 cm³/mol. The van der Waals surface area contributed by atoms with E-state index in [1.54, 1.807) is 4.90 Å². The highest BCUT2D eigenvalue weighted by Gasteiger charge is 2.29. The minimum Gasteiger partial charge on any atom is -0.354 e. The van der Waals surface area contributed by atoms with Crippen LogP contribution in [0.4, 0.5) is 0 Å². The van der Waals surface area contributed by atoms with Crippen LogP contribution in [0.15, 0.2) is 66.7 Å². The first-order valence-electron chi connectivity index (χ1n) is 11.7. The fourth-order valence-electron chi connectivity index (χ4n) is 4.05. The molecule has 0 aliphatic carbocycles. The highest BCUT2D eigenvalue weighted by atomic mass is 35.5. The molecule has 0 spiro atoms. The molecule has 5 heteroatoms. The topological polar surface area (TPSA) is 49.4 Å². The second-order valence-corrected chi connectivity index (χ2v) is 9.22. The monoisotopic (exact) mass is 464 g/mol. The number of amides is 2. The minimum absolute atomic E-state index is 0.0469. The zero-order chi connectivity index (χ0) is 23.8. The standard InChI is InChI=1S/C28H33ClN2O2/c1-4-26(28(33)30-18-20(2)3)31(19-23-11-6-8-15-25(23)29)27(32)17-16-22-13-9-12-21-10-5-7-14-24(21)22/h5-15,20,26H,4,16-19H2,1-3H3,(H,30,33). The Morgan fingerprint density at radius 3 is 2.33 bits per heavy atom. The molecule has 0 heterocycles. The van der Waals surface area contributed by atoms with Crippen LogP contribution in [-0.4, -0.2) is 29.3 Å². The summed E-state index contributed by atoms with van der Waals surface area (Å²) in [7, 11) is 0. The van der Waals surface area contributed by atoms with Crippen molar-refractivity contribution < 1.29 is 9.59 Å². The summed E-state index contributed by atoms with van der Waals surface area (Å²) >= 11 is 6.40. The average molecular weight is 465 g/mol. The molecular weight excluding hydrogens is 432 g/mol. The van der Waals surface area contributed by atoms with Crippen LogP contribution in [0.1, 0.15) is 44.7 Å². The quantitative estimate of drug-likeness (QED) is 0.399. The first-order valence-corrected chi connectivity index (χ1v) is 12.1. The van der Waals surface area contributed by atoms with Gasteiger partial charge in [-0.25, -0.2) is 0 Å². The van der Waals surface area contributed by atoms with Crippen LogP contribution in [0.3, 0.4) is 0 Å². The van der Waals surface area contributed by atoms with Crippen molar-refractivity contribution in [3.05, 3.63) is 82.9 Å². The average Bonchev–Trinajstić information content (AvgIpc) is 2.82. The van der Waals surface area contributed by atoms with Gasteiger partial charge in [-0.15, -0.1) is 0 Å². The van der Waals surface area contributed by atoms with Gasteiger partial charge in [-0.3, -0.25) is 9.59 Å². The van der Waals surface area contributed by atoms with Crippen LogP contribution in [-0.2, 0) is 22.6 Å². The summed E-state index contributed by atoms with van der Waals surface area (Å²) < 4.78 is 0. The molecule has 0 radical (unpaired) electrons. The van der Waals surface area contributed by atoms with Crippen LogP contribution >= 0.6 is 11.6 Å². The van der Waals surface area contributed by atoms with Gasteiger partial charge in [0, 0.05) is 24.5 Å². The van der Waals surface area contributed by atoms with Crippen LogP contribution in [0.25, 0.3) is 10.8 Å². The Morgan fingerprint density at radius 2 is 1.61 bits per heavy atom. The maximum absolute atomic E-state index is 13.5. The Balaban J connectivity index is 1.83. The second-order valence-electron chi connectivity index (χ2n) is 8.81.